The van der Waals surface area contributed by atoms with Crippen LogP contribution < -0.4 is 14.4 Å². The number of methoxy groups -OCH3 is 1. The Kier molecular flexibility index (Phi) is 13.0. The summed E-state index contributed by atoms with van der Waals surface area (Å²) >= 11 is 6.49. The van der Waals surface area contributed by atoms with Gasteiger partial charge in [-0.05, 0) is 106 Å². The Labute approximate surface area is 333 Å². The zero-order valence-corrected chi connectivity index (χ0v) is 35.4. The van der Waals surface area contributed by atoms with Crippen molar-refractivity contribution in [3.63, 3.8) is 0 Å². The first-order valence-corrected chi connectivity index (χ1v) is 23.8. The molecule has 0 radical (unpaired) electrons. The van der Waals surface area contributed by atoms with Crippen LogP contribution in [0.5, 0.6) is 5.75 Å². The van der Waals surface area contributed by atoms with Gasteiger partial charge in [0.15, 0.2) is 0 Å². The zero-order chi connectivity index (χ0) is 39.6. The quantitative estimate of drug-likeness (QED) is 0.251. The van der Waals surface area contributed by atoms with Crippen LogP contribution in [0.1, 0.15) is 74.4 Å². The van der Waals surface area contributed by atoms with Crippen molar-refractivity contribution in [2.45, 2.75) is 75.6 Å². The van der Waals surface area contributed by atoms with Crippen molar-refractivity contribution >= 4 is 43.1 Å². The number of fused-ring (bicyclic) bond motifs is 3. The van der Waals surface area contributed by atoms with Gasteiger partial charge in [-0.15, -0.1) is 0 Å². The Hall–Kier alpha value is -2.68. The number of sulfonamides is 1. The van der Waals surface area contributed by atoms with Gasteiger partial charge in [0.25, 0.3) is 5.91 Å². The molecule has 1 amide bonds. The lowest BCUT2D eigenvalue weighted by Gasteiger charge is -2.52. The number of rotatable bonds is 14. The second-order valence-electron chi connectivity index (χ2n) is 16.5. The average Bonchev–Trinajstić information content (AvgIpc) is 3.28. The van der Waals surface area contributed by atoms with E-state index in [-0.39, 0.29) is 28.6 Å². The van der Waals surface area contributed by atoms with Crippen molar-refractivity contribution in [3.05, 3.63) is 70.3 Å². The molecule has 55 heavy (non-hydrogen) atoms. The van der Waals surface area contributed by atoms with Gasteiger partial charge >= 0.3 is 0 Å². The summed E-state index contributed by atoms with van der Waals surface area (Å²) in [4.78, 5) is 20.5. The Balaban J connectivity index is 1.30. The number of carbonyl (C=O) groups excluding carboxylic acids is 1. The molecule has 2 aromatic carbocycles. The van der Waals surface area contributed by atoms with E-state index in [0.717, 1.165) is 82.0 Å². The Morgan fingerprint density at radius 2 is 1.84 bits per heavy atom. The maximum atomic E-state index is 13.4. The highest BCUT2D eigenvalue weighted by Crippen LogP contribution is 2.49. The van der Waals surface area contributed by atoms with Crippen LogP contribution in [0.2, 0.25) is 5.02 Å². The molecule has 11 nitrogen and oxygen atoms in total. The largest absolute Gasteiger partial charge is 0.490 e. The molecule has 4 aliphatic rings. The minimum absolute atomic E-state index is 0.173. The van der Waals surface area contributed by atoms with Gasteiger partial charge in [0.05, 0.1) is 23.3 Å². The number of halogens is 1. The number of hydrogen-bond donors (Lipinski definition) is 1. The van der Waals surface area contributed by atoms with Crippen LogP contribution in [-0.4, -0.2) is 121 Å². The lowest BCUT2D eigenvalue weighted by molar-refractivity contribution is -0.0953. The van der Waals surface area contributed by atoms with E-state index in [4.69, 9.17) is 21.1 Å². The van der Waals surface area contributed by atoms with Crippen molar-refractivity contribution in [3.8, 4) is 5.75 Å². The molecule has 2 aromatic rings. The van der Waals surface area contributed by atoms with Crippen LogP contribution in [0.4, 0.5) is 5.69 Å². The maximum Gasteiger partial charge on any atom is 0.264 e. The van der Waals surface area contributed by atoms with E-state index in [1.54, 1.807) is 32.0 Å². The lowest BCUT2D eigenvalue weighted by Crippen LogP contribution is -2.59. The summed E-state index contributed by atoms with van der Waals surface area (Å²) in [6.07, 6.45) is 11.6. The van der Waals surface area contributed by atoms with Gasteiger partial charge in [-0.2, -0.15) is 0 Å². The highest BCUT2D eigenvalue weighted by Gasteiger charge is 2.49. The number of anilines is 1. The van der Waals surface area contributed by atoms with Crippen LogP contribution in [0.15, 0.2) is 48.6 Å². The molecular weight excluding hydrogens is 760 g/mol. The molecule has 2 heterocycles. The van der Waals surface area contributed by atoms with E-state index in [0.29, 0.717) is 32.0 Å². The summed E-state index contributed by atoms with van der Waals surface area (Å²) in [6, 6.07) is 11.5. The third-order valence-corrected chi connectivity index (χ3v) is 15.3. The van der Waals surface area contributed by atoms with Gasteiger partial charge in [0.1, 0.15) is 21.2 Å². The molecule has 1 N–H and O–H groups in total. The first-order chi connectivity index (χ1) is 26.1. The van der Waals surface area contributed by atoms with E-state index < -0.39 is 36.6 Å². The van der Waals surface area contributed by atoms with Crippen LogP contribution in [-0.2, 0) is 36.4 Å². The molecule has 1 spiro atoms. The van der Waals surface area contributed by atoms with E-state index >= 15 is 0 Å². The van der Waals surface area contributed by atoms with E-state index in [1.165, 1.54) is 17.4 Å². The summed E-state index contributed by atoms with van der Waals surface area (Å²) in [5.41, 5.74) is 2.72. The monoisotopic (exact) mass is 818 g/mol. The molecule has 2 aliphatic heterocycles. The molecule has 4 atom stereocenters. The zero-order valence-electron chi connectivity index (χ0n) is 33.1. The summed E-state index contributed by atoms with van der Waals surface area (Å²) in [5, 5.41) is -0.0277. The molecule has 0 bridgehead atoms. The van der Waals surface area contributed by atoms with E-state index in [1.807, 2.05) is 13.2 Å². The van der Waals surface area contributed by atoms with Crippen LogP contribution >= 0.6 is 11.6 Å². The number of benzene rings is 2. The first kappa shape index (κ1) is 41.9. The van der Waals surface area contributed by atoms with Crippen molar-refractivity contribution in [1.82, 2.24) is 14.5 Å². The Morgan fingerprint density at radius 3 is 2.49 bits per heavy atom. The topological polar surface area (TPSA) is 126 Å². The fourth-order valence-electron chi connectivity index (χ4n) is 8.99. The SMILES string of the molecule is CC/C=C/[C@@](CN1CCN(CCS(C)(=O)=O)CC1)(OC)[C@@H]1CC[C@H]1CN1C[C@@]2(CCCc3cc(Cl)ccc32)COc2ccc(C(=O)NS(=O)(=O)C(C)C)cc21. The second kappa shape index (κ2) is 17.0. The normalized spacial score (nSPS) is 24.8. The second-order valence-corrected chi connectivity index (χ2v) is 21.4. The number of sulfone groups is 1. The first-order valence-electron chi connectivity index (χ1n) is 19.8. The molecule has 0 aromatic heterocycles. The summed E-state index contributed by atoms with van der Waals surface area (Å²) in [6.45, 7) is 11.7. The summed E-state index contributed by atoms with van der Waals surface area (Å²) in [7, 11) is -5.02. The Bertz CT molecular complexity index is 1950. The highest BCUT2D eigenvalue weighted by molar-refractivity contribution is 7.90. The highest BCUT2D eigenvalue weighted by atomic mass is 35.5. The van der Waals surface area contributed by atoms with Gasteiger partial charge in [-0.3, -0.25) is 14.6 Å². The summed E-state index contributed by atoms with van der Waals surface area (Å²) < 4.78 is 64.5. The number of piperazine rings is 1. The number of ether oxygens (including phenoxy) is 2. The van der Waals surface area contributed by atoms with Gasteiger partial charge in [0.2, 0.25) is 10.0 Å². The molecule has 6 rings (SSSR count). The predicted octanol–water partition coefficient (Wildman–Crippen LogP) is 5.32. The molecule has 1 saturated carbocycles. The number of allylic oxidation sites excluding steroid dienone is 1. The van der Waals surface area contributed by atoms with E-state index in [2.05, 4.69) is 50.6 Å². The average molecular weight is 820 g/mol. The van der Waals surface area contributed by atoms with Gasteiger partial charge in [0, 0.05) is 81.7 Å². The van der Waals surface area contributed by atoms with E-state index in [9.17, 15) is 21.6 Å². The molecule has 14 heteroatoms. The van der Waals surface area contributed by atoms with Crippen molar-refractivity contribution in [2.24, 2.45) is 11.8 Å². The van der Waals surface area contributed by atoms with Gasteiger partial charge in [-0.1, -0.05) is 36.7 Å². The number of hydrogen-bond acceptors (Lipinski definition) is 10. The molecule has 2 aliphatic carbocycles. The van der Waals surface area contributed by atoms with Crippen LogP contribution in [0.25, 0.3) is 0 Å². The fraction of sp³-hybridized carbons (Fsp3) is 0.634. The molecule has 0 unspecified atom stereocenters. The van der Waals surface area contributed by atoms with Crippen molar-refractivity contribution in [1.29, 1.82) is 0 Å². The minimum Gasteiger partial charge on any atom is -0.490 e. The predicted molar refractivity (Wildman–Crippen MR) is 220 cm³/mol. The standard InChI is InChI=1S/C41H59ClN4O7S2/c1-6-7-17-41(52-4,28-45-20-18-44(19-21-45)22-23-54(5,48)49)36-13-10-33(36)26-46-27-40(16-8-9-31-24-34(42)12-14-35(31)40)29-53-38-15-11-32(25-37(38)46)39(47)43-55(50,51)30(2)3/h7,11-12,14-15,17,24-25,30,33,36H,6,8-10,13,16,18-23,26-29H2,1-5H3,(H,43,47)/b17-7+/t33-,36+,40-,41-/m0/s1. The van der Waals surface area contributed by atoms with Crippen LogP contribution in [0, 0.1) is 11.8 Å². The number of nitrogens with zero attached hydrogens (tertiary/aromatic N) is 3. The smallest absolute Gasteiger partial charge is 0.264 e. The molecule has 2 fully saturated rings. The number of amides is 1. The number of carbonyl (C=O) groups is 1. The van der Waals surface area contributed by atoms with Crippen molar-refractivity contribution < 1.29 is 31.1 Å². The van der Waals surface area contributed by atoms with Gasteiger partial charge in [-0.25, -0.2) is 21.6 Å². The minimum atomic E-state index is -3.83. The maximum absolute atomic E-state index is 13.4. The number of nitrogens with one attached hydrogen (secondary N) is 1. The third-order valence-electron chi connectivity index (χ3n) is 12.4. The molecular formula is C41H59ClN4O7S2. The third kappa shape index (κ3) is 9.55. The molecule has 304 valence electrons. The summed E-state index contributed by atoms with van der Waals surface area (Å²) in [5.74, 6) is 0.690. The van der Waals surface area contributed by atoms with Gasteiger partial charge < -0.3 is 14.4 Å². The molecule has 1 saturated heterocycles. The lowest BCUT2D eigenvalue weighted by atomic mass is 9.63. The van der Waals surface area contributed by atoms with Crippen LogP contribution in [0.3, 0.4) is 0 Å². The Morgan fingerprint density at radius 1 is 1.09 bits per heavy atom. The fourth-order valence-corrected chi connectivity index (χ4v) is 10.4. The van der Waals surface area contributed by atoms with Crippen molar-refractivity contribution in [2.75, 3.05) is 83.0 Å². The number of aryl methyl sites for hydroxylation is 1.